The maximum atomic E-state index is 10.1. The molecule has 1 aromatic rings. The summed E-state index contributed by atoms with van der Waals surface area (Å²) in [5.41, 5.74) is 1.12. The van der Waals surface area contributed by atoms with Crippen LogP contribution in [0.4, 0.5) is 0 Å². The fourth-order valence-corrected chi connectivity index (χ4v) is 2.67. The van der Waals surface area contributed by atoms with E-state index in [4.69, 9.17) is 4.74 Å². The van der Waals surface area contributed by atoms with Crippen LogP contribution in [-0.2, 0) is 4.74 Å². The van der Waals surface area contributed by atoms with Crippen molar-refractivity contribution in [3.63, 3.8) is 0 Å². The molecule has 1 fully saturated rings. The van der Waals surface area contributed by atoms with Gasteiger partial charge in [0.2, 0.25) is 0 Å². The number of hydrogen-bond acceptors (Lipinski definition) is 3. The maximum Gasteiger partial charge on any atom is 0.194 e. The average molecular weight is 319 g/mol. The van der Waals surface area contributed by atoms with Crippen LogP contribution in [0.2, 0.25) is 0 Å². The SMILES string of the molecule is CCNC(=NCC(O)COC(C)c1ccccc1)N1CCCC1. The Morgan fingerprint density at radius 3 is 2.65 bits per heavy atom. The lowest BCUT2D eigenvalue weighted by Gasteiger charge is -2.21. The molecule has 0 bridgehead atoms. The van der Waals surface area contributed by atoms with Crippen LogP contribution in [-0.4, -0.2) is 54.9 Å². The number of aliphatic hydroxyl groups excluding tert-OH is 1. The van der Waals surface area contributed by atoms with Crippen LogP contribution in [0, 0.1) is 0 Å². The highest BCUT2D eigenvalue weighted by molar-refractivity contribution is 5.80. The van der Waals surface area contributed by atoms with Crippen molar-refractivity contribution < 1.29 is 9.84 Å². The smallest absolute Gasteiger partial charge is 0.194 e. The molecule has 128 valence electrons. The normalized spacial score (nSPS) is 18.0. The minimum absolute atomic E-state index is 0.0263. The van der Waals surface area contributed by atoms with E-state index in [1.54, 1.807) is 0 Å². The van der Waals surface area contributed by atoms with Gasteiger partial charge in [0.15, 0.2) is 5.96 Å². The molecule has 1 aromatic carbocycles. The van der Waals surface area contributed by atoms with E-state index < -0.39 is 6.10 Å². The molecule has 1 aliphatic rings. The van der Waals surface area contributed by atoms with E-state index in [-0.39, 0.29) is 6.10 Å². The fraction of sp³-hybridized carbons (Fsp3) is 0.611. The minimum atomic E-state index is -0.586. The van der Waals surface area contributed by atoms with Gasteiger partial charge < -0.3 is 20.1 Å². The van der Waals surface area contributed by atoms with Gasteiger partial charge in [0.05, 0.1) is 25.4 Å². The first-order valence-electron chi connectivity index (χ1n) is 8.58. The van der Waals surface area contributed by atoms with Crippen LogP contribution in [0.5, 0.6) is 0 Å². The van der Waals surface area contributed by atoms with Crippen molar-refractivity contribution in [1.29, 1.82) is 0 Å². The Labute approximate surface area is 139 Å². The number of aliphatic imine (C=N–C) groups is 1. The average Bonchev–Trinajstić information content (AvgIpc) is 3.11. The van der Waals surface area contributed by atoms with Crippen LogP contribution in [0.1, 0.15) is 38.4 Å². The van der Waals surface area contributed by atoms with Crippen molar-refractivity contribution in [3.05, 3.63) is 35.9 Å². The molecule has 0 amide bonds. The van der Waals surface area contributed by atoms with Crippen LogP contribution in [0.25, 0.3) is 0 Å². The summed E-state index contributed by atoms with van der Waals surface area (Å²) in [6, 6.07) is 10.0. The van der Waals surface area contributed by atoms with E-state index >= 15 is 0 Å². The molecule has 0 aliphatic carbocycles. The van der Waals surface area contributed by atoms with Crippen LogP contribution in [0.3, 0.4) is 0 Å². The Bertz CT molecular complexity index is 472. The van der Waals surface area contributed by atoms with Crippen molar-refractivity contribution >= 4 is 5.96 Å². The number of nitrogens with one attached hydrogen (secondary N) is 1. The molecular formula is C18H29N3O2. The molecular weight excluding hydrogens is 290 g/mol. The molecule has 2 N–H and O–H groups in total. The Kier molecular flexibility index (Phi) is 7.36. The summed E-state index contributed by atoms with van der Waals surface area (Å²) in [6.45, 7) is 7.64. The lowest BCUT2D eigenvalue weighted by molar-refractivity contribution is 0.00106. The highest BCUT2D eigenvalue weighted by Crippen LogP contribution is 2.16. The van der Waals surface area contributed by atoms with Gasteiger partial charge in [0, 0.05) is 19.6 Å². The molecule has 2 atom stereocenters. The van der Waals surface area contributed by atoms with Crippen molar-refractivity contribution in [1.82, 2.24) is 10.2 Å². The fourth-order valence-electron chi connectivity index (χ4n) is 2.67. The first-order chi connectivity index (χ1) is 11.2. The van der Waals surface area contributed by atoms with Crippen molar-refractivity contribution in [2.24, 2.45) is 4.99 Å². The third kappa shape index (κ3) is 5.84. The number of hydrogen-bond donors (Lipinski definition) is 2. The van der Waals surface area contributed by atoms with Gasteiger partial charge in [-0.1, -0.05) is 30.3 Å². The van der Waals surface area contributed by atoms with E-state index in [1.807, 2.05) is 37.3 Å². The molecule has 2 rings (SSSR count). The van der Waals surface area contributed by atoms with E-state index in [9.17, 15) is 5.11 Å². The summed E-state index contributed by atoms with van der Waals surface area (Å²) in [5.74, 6) is 0.903. The highest BCUT2D eigenvalue weighted by Gasteiger charge is 2.16. The zero-order chi connectivity index (χ0) is 16.5. The summed E-state index contributed by atoms with van der Waals surface area (Å²) in [5, 5.41) is 13.4. The lowest BCUT2D eigenvalue weighted by Crippen LogP contribution is -2.40. The van der Waals surface area contributed by atoms with E-state index in [2.05, 4.69) is 22.1 Å². The van der Waals surface area contributed by atoms with Crippen molar-refractivity contribution in [3.8, 4) is 0 Å². The second kappa shape index (κ2) is 9.53. The van der Waals surface area contributed by atoms with Crippen LogP contribution in [0.15, 0.2) is 35.3 Å². The Morgan fingerprint density at radius 1 is 1.30 bits per heavy atom. The number of aliphatic hydroxyl groups is 1. The molecule has 1 aliphatic heterocycles. The number of nitrogens with zero attached hydrogens (tertiary/aromatic N) is 2. The summed E-state index contributed by atoms with van der Waals surface area (Å²) >= 11 is 0. The number of benzene rings is 1. The summed E-state index contributed by atoms with van der Waals surface area (Å²) in [4.78, 5) is 6.80. The van der Waals surface area contributed by atoms with Crippen LogP contribution < -0.4 is 5.32 Å². The second-order valence-corrected chi connectivity index (χ2v) is 5.93. The van der Waals surface area contributed by atoms with Crippen LogP contribution >= 0.6 is 0 Å². The summed E-state index contributed by atoms with van der Waals surface area (Å²) < 4.78 is 5.75. The van der Waals surface area contributed by atoms with Gasteiger partial charge in [-0.05, 0) is 32.3 Å². The zero-order valence-corrected chi connectivity index (χ0v) is 14.2. The number of guanidine groups is 1. The van der Waals surface area contributed by atoms with Gasteiger partial charge in [0.25, 0.3) is 0 Å². The molecule has 2 unspecified atom stereocenters. The van der Waals surface area contributed by atoms with Crippen molar-refractivity contribution in [2.45, 2.75) is 38.9 Å². The standard InChI is InChI=1S/C18H29N3O2/c1-3-19-18(21-11-7-8-12-21)20-13-17(22)14-23-15(2)16-9-5-4-6-10-16/h4-6,9-10,15,17,22H,3,7-8,11-14H2,1-2H3,(H,19,20). The lowest BCUT2D eigenvalue weighted by atomic mass is 10.1. The molecule has 0 radical (unpaired) electrons. The first-order valence-corrected chi connectivity index (χ1v) is 8.58. The predicted octanol–water partition coefficient (Wildman–Crippen LogP) is 2.19. The predicted molar refractivity (Wildman–Crippen MR) is 93.6 cm³/mol. The van der Waals surface area contributed by atoms with Gasteiger partial charge >= 0.3 is 0 Å². The highest BCUT2D eigenvalue weighted by atomic mass is 16.5. The number of ether oxygens (including phenoxy) is 1. The topological polar surface area (TPSA) is 57.1 Å². The van der Waals surface area contributed by atoms with Gasteiger partial charge in [-0.15, -0.1) is 0 Å². The number of rotatable bonds is 7. The van der Waals surface area contributed by atoms with Gasteiger partial charge in [-0.3, -0.25) is 4.99 Å². The largest absolute Gasteiger partial charge is 0.389 e. The molecule has 1 heterocycles. The van der Waals surface area contributed by atoms with Gasteiger partial charge in [0.1, 0.15) is 0 Å². The quantitative estimate of drug-likeness (QED) is 0.597. The van der Waals surface area contributed by atoms with Gasteiger partial charge in [-0.2, -0.15) is 0 Å². The molecule has 0 aromatic heterocycles. The van der Waals surface area contributed by atoms with E-state index in [1.165, 1.54) is 12.8 Å². The number of likely N-dealkylation sites (tertiary alicyclic amines) is 1. The Balaban J connectivity index is 1.78. The second-order valence-electron chi connectivity index (χ2n) is 5.93. The van der Waals surface area contributed by atoms with Gasteiger partial charge in [-0.25, -0.2) is 0 Å². The Hall–Kier alpha value is -1.59. The molecule has 1 saturated heterocycles. The van der Waals surface area contributed by atoms with Crippen molar-refractivity contribution in [2.75, 3.05) is 32.8 Å². The molecule has 23 heavy (non-hydrogen) atoms. The Morgan fingerprint density at radius 2 is 2.00 bits per heavy atom. The molecule has 0 saturated carbocycles. The summed E-state index contributed by atoms with van der Waals surface area (Å²) in [6.07, 6.45) is 1.81. The molecule has 5 nitrogen and oxygen atoms in total. The molecule has 0 spiro atoms. The monoisotopic (exact) mass is 319 g/mol. The third-order valence-electron chi connectivity index (χ3n) is 4.00. The maximum absolute atomic E-state index is 10.1. The third-order valence-corrected chi connectivity index (χ3v) is 4.00. The molecule has 5 heteroatoms. The van der Waals surface area contributed by atoms with E-state index in [0.29, 0.717) is 13.2 Å². The zero-order valence-electron chi connectivity index (χ0n) is 14.2. The summed E-state index contributed by atoms with van der Waals surface area (Å²) in [7, 11) is 0. The van der Waals surface area contributed by atoms with E-state index in [0.717, 1.165) is 31.2 Å². The first kappa shape index (κ1) is 17.8. The minimum Gasteiger partial charge on any atom is -0.389 e.